The first-order chi connectivity index (χ1) is 8.00. The zero-order valence-corrected chi connectivity index (χ0v) is 11.1. The molecule has 0 saturated carbocycles. The monoisotopic (exact) mass is 254 g/mol. The first-order valence-electron chi connectivity index (χ1n) is 5.84. The van der Waals surface area contributed by atoms with Gasteiger partial charge in [0.25, 0.3) is 0 Å². The second-order valence-corrected chi connectivity index (χ2v) is 4.96. The van der Waals surface area contributed by atoms with Crippen LogP contribution in [0, 0.1) is 11.7 Å². The molecule has 0 spiro atoms. The lowest BCUT2D eigenvalue weighted by molar-refractivity contribution is 0.565. The highest BCUT2D eigenvalue weighted by Gasteiger charge is 2.04. The first-order valence-corrected chi connectivity index (χ1v) is 6.24. The van der Waals surface area contributed by atoms with Gasteiger partial charge < -0.3 is 11.1 Å². The van der Waals surface area contributed by atoms with Crippen molar-refractivity contribution < 1.29 is 4.39 Å². The van der Waals surface area contributed by atoms with E-state index in [2.05, 4.69) is 19.2 Å². The molecule has 0 heterocycles. The Hall–Kier alpha value is -1.16. The van der Waals surface area contributed by atoms with Gasteiger partial charge in [0.2, 0.25) is 0 Å². The van der Waals surface area contributed by atoms with Gasteiger partial charge in [-0.15, -0.1) is 0 Å². The maximum Gasteiger partial charge on any atom is 0.146 e. The summed E-state index contributed by atoms with van der Waals surface area (Å²) in [6.45, 7) is 5.14. The van der Waals surface area contributed by atoms with Gasteiger partial charge in [-0.3, -0.25) is 0 Å². The summed E-state index contributed by atoms with van der Waals surface area (Å²) in [7, 11) is 0. The highest BCUT2D eigenvalue weighted by Crippen LogP contribution is 2.16. The molecule has 0 amide bonds. The maximum absolute atomic E-state index is 13.6. The molecule has 94 valence electrons. The van der Waals surface area contributed by atoms with Crippen LogP contribution in [0.25, 0.3) is 0 Å². The van der Waals surface area contributed by atoms with E-state index < -0.39 is 0 Å². The molecular formula is C13H19FN2S. The Kier molecular flexibility index (Phi) is 5.35. The number of rotatable bonds is 6. The second-order valence-electron chi connectivity index (χ2n) is 4.52. The molecule has 0 bridgehead atoms. The molecule has 0 saturated heterocycles. The Bertz CT molecular complexity index is 391. The third-order valence-electron chi connectivity index (χ3n) is 2.53. The minimum atomic E-state index is -0.306. The summed E-state index contributed by atoms with van der Waals surface area (Å²) in [4.78, 5) is 0.218. The number of nitrogens with two attached hydrogens (primary N) is 1. The Morgan fingerprint density at radius 3 is 2.71 bits per heavy atom. The molecule has 0 aromatic heterocycles. The van der Waals surface area contributed by atoms with E-state index in [4.69, 9.17) is 18.0 Å². The minimum Gasteiger partial charge on any atom is -0.389 e. The number of hydrogen-bond acceptors (Lipinski definition) is 2. The van der Waals surface area contributed by atoms with Gasteiger partial charge in [-0.2, -0.15) is 0 Å². The van der Waals surface area contributed by atoms with Crippen molar-refractivity contribution in [3.05, 3.63) is 29.6 Å². The molecule has 0 radical (unpaired) electrons. The molecule has 0 aliphatic heterocycles. The summed E-state index contributed by atoms with van der Waals surface area (Å²) >= 11 is 4.79. The third kappa shape index (κ3) is 4.69. The predicted octanol–water partition coefficient (Wildman–Crippen LogP) is 3.31. The van der Waals surface area contributed by atoms with E-state index in [1.54, 1.807) is 12.1 Å². The van der Waals surface area contributed by atoms with Crippen LogP contribution in [0.1, 0.15) is 32.3 Å². The van der Waals surface area contributed by atoms with Crippen molar-refractivity contribution in [2.45, 2.75) is 26.7 Å². The minimum absolute atomic E-state index is 0.218. The highest BCUT2D eigenvalue weighted by atomic mass is 32.1. The number of halogens is 1. The van der Waals surface area contributed by atoms with E-state index in [0.717, 1.165) is 19.4 Å². The van der Waals surface area contributed by atoms with E-state index >= 15 is 0 Å². The fraction of sp³-hybridized carbons (Fsp3) is 0.462. The quantitative estimate of drug-likeness (QED) is 0.604. The van der Waals surface area contributed by atoms with Crippen molar-refractivity contribution in [1.82, 2.24) is 0 Å². The summed E-state index contributed by atoms with van der Waals surface area (Å²) in [5, 5.41) is 3.08. The average molecular weight is 254 g/mol. The summed E-state index contributed by atoms with van der Waals surface area (Å²) < 4.78 is 13.6. The molecule has 17 heavy (non-hydrogen) atoms. The zero-order chi connectivity index (χ0) is 12.8. The van der Waals surface area contributed by atoms with Gasteiger partial charge in [0.1, 0.15) is 10.8 Å². The number of nitrogens with one attached hydrogen (secondary N) is 1. The molecule has 0 unspecified atom stereocenters. The standard InChI is InChI=1S/C13H19FN2S/c1-9(2)4-3-7-16-12-6-5-10(13(15)17)8-11(12)14/h5-6,8-9,16H,3-4,7H2,1-2H3,(H2,15,17). The summed E-state index contributed by atoms with van der Waals surface area (Å²) in [5.74, 6) is 0.374. The van der Waals surface area contributed by atoms with Crippen LogP contribution in [0.3, 0.4) is 0 Å². The van der Waals surface area contributed by atoms with Gasteiger partial charge in [-0.1, -0.05) is 26.1 Å². The summed E-state index contributed by atoms with van der Waals surface area (Å²) in [6.07, 6.45) is 2.17. The van der Waals surface area contributed by atoms with E-state index in [1.807, 2.05) is 0 Å². The fourth-order valence-electron chi connectivity index (χ4n) is 1.55. The maximum atomic E-state index is 13.6. The molecule has 1 rings (SSSR count). The number of anilines is 1. The second kappa shape index (κ2) is 6.55. The number of thiocarbonyl (C=S) groups is 1. The zero-order valence-electron chi connectivity index (χ0n) is 10.3. The number of hydrogen-bond donors (Lipinski definition) is 2. The molecule has 0 fully saturated rings. The average Bonchev–Trinajstić information content (AvgIpc) is 2.25. The third-order valence-corrected chi connectivity index (χ3v) is 2.76. The smallest absolute Gasteiger partial charge is 0.146 e. The van der Waals surface area contributed by atoms with Gasteiger partial charge in [0.15, 0.2) is 0 Å². The van der Waals surface area contributed by atoms with Crippen LogP contribution in [0.4, 0.5) is 10.1 Å². The molecule has 1 aromatic rings. The summed E-state index contributed by atoms with van der Waals surface area (Å²) in [6, 6.07) is 4.78. The van der Waals surface area contributed by atoms with Crippen LogP contribution in [-0.4, -0.2) is 11.5 Å². The lowest BCUT2D eigenvalue weighted by Crippen LogP contribution is -2.11. The van der Waals surface area contributed by atoms with Gasteiger partial charge in [-0.25, -0.2) is 4.39 Å². The lowest BCUT2D eigenvalue weighted by Gasteiger charge is -2.09. The van der Waals surface area contributed by atoms with Crippen molar-refractivity contribution >= 4 is 22.9 Å². The molecule has 3 N–H and O–H groups in total. The summed E-state index contributed by atoms with van der Waals surface area (Å²) in [5.41, 5.74) is 6.50. The fourth-order valence-corrected chi connectivity index (χ4v) is 1.67. The van der Waals surface area contributed by atoms with Crippen molar-refractivity contribution in [2.24, 2.45) is 11.7 Å². The molecule has 1 aromatic carbocycles. The predicted molar refractivity (Wildman–Crippen MR) is 74.8 cm³/mol. The molecule has 4 heteroatoms. The molecule has 0 atom stereocenters. The normalized spacial score (nSPS) is 10.6. The van der Waals surface area contributed by atoms with Gasteiger partial charge in [-0.05, 0) is 37.0 Å². The van der Waals surface area contributed by atoms with Crippen molar-refractivity contribution in [2.75, 3.05) is 11.9 Å². The van der Waals surface area contributed by atoms with Crippen molar-refractivity contribution in [3.8, 4) is 0 Å². The Labute approximate surface area is 107 Å². The SMILES string of the molecule is CC(C)CCCNc1ccc(C(N)=S)cc1F. The molecule has 2 nitrogen and oxygen atoms in total. The topological polar surface area (TPSA) is 38.0 Å². The van der Waals surface area contributed by atoms with Crippen LogP contribution in [-0.2, 0) is 0 Å². The lowest BCUT2D eigenvalue weighted by atomic mass is 10.1. The largest absolute Gasteiger partial charge is 0.389 e. The Balaban J connectivity index is 2.52. The van der Waals surface area contributed by atoms with Gasteiger partial charge in [0, 0.05) is 12.1 Å². The van der Waals surface area contributed by atoms with Crippen LogP contribution in [0.5, 0.6) is 0 Å². The van der Waals surface area contributed by atoms with Gasteiger partial charge >= 0.3 is 0 Å². The van der Waals surface area contributed by atoms with E-state index in [1.165, 1.54) is 6.07 Å². The Morgan fingerprint density at radius 1 is 1.47 bits per heavy atom. The van der Waals surface area contributed by atoms with Crippen molar-refractivity contribution in [1.29, 1.82) is 0 Å². The number of benzene rings is 1. The van der Waals surface area contributed by atoms with Crippen LogP contribution < -0.4 is 11.1 Å². The van der Waals surface area contributed by atoms with Crippen molar-refractivity contribution in [3.63, 3.8) is 0 Å². The van der Waals surface area contributed by atoms with E-state index in [9.17, 15) is 4.39 Å². The molecular weight excluding hydrogens is 235 g/mol. The van der Waals surface area contributed by atoms with Crippen LogP contribution >= 0.6 is 12.2 Å². The van der Waals surface area contributed by atoms with Crippen LogP contribution in [0.15, 0.2) is 18.2 Å². The van der Waals surface area contributed by atoms with E-state index in [0.29, 0.717) is 17.2 Å². The van der Waals surface area contributed by atoms with Gasteiger partial charge in [0.05, 0.1) is 5.69 Å². The molecule has 0 aliphatic carbocycles. The Morgan fingerprint density at radius 2 is 2.18 bits per heavy atom. The van der Waals surface area contributed by atoms with E-state index in [-0.39, 0.29) is 10.8 Å². The molecule has 0 aliphatic rings. The highest BCUT2D eigenvalue weighted by molar-refractivity contribution is 7.80. The van der Waals surface area contributed by atoms with Crippen LogP contribution in [0.2, 0.25) is 0 Å². The first kappa shape index (κ1) is 13.9.